The van der Waals surface area contributed by atoms with Gasteiger partial charge in [-0.05, 0) is 20.5 Å². The SMILES string of the molecule is CNC(C#N)CCN1CCN(C)CC1. The van der Waals surface area contributed by atoms with Gasteiger partial charge in [0.1, 0.15) is 0 Å². The van der Waals surface area contributed by atoms with Crippen LogP contribution in [0.3, 0.4) is 0 Å². The molecule has 0 aromatic carbocycles. The highest BCUT2D eigenvalue weighted by Gasteiger charge is 2.14. The van der Waals surface area contributed by atoms with Crippen molar-refractivity contribution in [2.45, 2.75) is 12.5 Å². The van der Waals surface area contributed by atoms with Gasteiger partial charge in [0.2, 0.25) is 0 Å². The number of hydrogen-bond donors (Lipinski definition) is 1. The first-order valence-corrected chi connectivity index (χ1v) is 5.24. The molecular formula is C10H20N4. The first-order chi connectivity index (χ1) is 6.76. The highest BCUT2D eigenvalue weighted by Crippen LogP contribution is 2.01. The topological polar surface area (TPSA) is 42.3 Å². The fourth-order valence-corrected chi connectivity index (χ4v) is 1.66. The average molecular weight is 196 g/mol. The third kappa shape index (κ3) is 3.62. The molecular weight excluding hydrogens is 176 g/mol. The summed E-state index contributed by atoms with van der Waals surface area (Å²) in [5.41, 5.74) is 0. The zero-order valence-electron chi connectivity index (χ0n) is 9.16. The average Bonchev–Trinajstić information content (AvgIpc) is 2.22. The lowest BCUT2D eigenvalue weighted by molar-refractivity contribution is 0.151. The summed E-state index contributed by atoms with van der Waals surface area (Å²) in [4.78, 5) is 4.78. The second-order valence-electron chi connectivity index (χ2n) is 3.90. The van der Waals surface area contributed by atoms with Gasteiger partial charge in [0.15, 0.2) is 0 Å². The van der Waals surface area contributed by atoms with Crippen LogP contribution in [0.5, 0.6) is 0 Å². The molecule has 0 aromatic rings. The van der Waals surface area contributed by atoms with Gasteiger partial charge in [-0.1, -0.05) is 0 Å². The van der Waals surface area contributed by atoms with Crippen molar-refractivity contribution in [1.29, 1.82) is 5.26 Å². The molecule has 80 valence electrons. The highest BCUT2D eigenvalue weighted by molar-refractivity contribution is 4.89. The van der Waals surface area contributed by atoms with Gasteiger partial charge in [-0.2, -0.15) is 5.26 Å². The van der Waals surface area contributed by atoms with Crippen LogP contribution in [-0.4, -0.2) is 62.7 Å². The van der Waals surface area contributed by atoms with Gasteiger partial charge in [-0.3, -0.25) is 0 Å². The molecule has 1 rings (SSSR count). The van der Waals surface area contributed by atoms with Gasteiger partial charge < -0.3 is 15.1 Å². The molecule has 1 unspecified atom stereocenters. The Morgan fingerprint density at radius 3 is 2.50 bits per heavy atom. The van der Waals surface area contributed by atoms with Gasteiger partial charge in [-0.25, -0.2) is 0 Å². The molecule has 0 amide bonds. The molecule has 1 saturated heterocycles. The number of nitrogens with one attached hydrogen (secondary N) is 1. The predicted octanol–water partition coefficient (Wildman–Crippen LogP) is -0.265. The van der Waals surface area contributed by atoms with E-state index in [4.69, 9.17) is 5.26 Å². The molecule has 1 fully saturated rings. The van der Waals surface area contributed by atoms with Crippen LogP contribution in [0.25, 0.3) is 0 Å². The summed E-state index contributed by atoms with van der Waals surface area (Å²) in [5.74, 6) is 0. The van der Waals surface area contributed by atoms with Crippen LogP contribution < -0.4 is 5.32 Å². The van der Waals surface area contributed by atoms with E-state index >= 15 is 0 Å². The van der Waals surface area contributed by atoms with Crippen molar-refractivity contribution in [2.75, 3.05) is 46.8 Å². The van der Waals surface area contributed by atoms with E-state index in [1.54, 1.807) is 0 Å². The smallest absolute Gasteiger partial charge is 0.0962 e. The minimum absolute atomic E-state index is 0.00894. The Kier molecular flexibility index (Phi) is 4.88. The molecule has 1 N–H and O–H groups in total. The summed E-state index contributed by atoms with van der Waals surface area (Å²) < 4.78 is 0. The Morgan fingerprint density at radius 1 is 1.36 bits per heavy atom. The summed E-state index contributed by atoms with van der Waals surface area (Å²) >= 11 is 0. The van der Waals surface area contributed by atoms with Gasteiger partial charge in [0.05, 0.1) is 12.1 Å². The van der Waals surface area contributed by atoms with Crippen LogP contribution in [-0.2, 0) is 0 Å². The van der Waals surface area contributed by atoms with Gasteiger partial charge >= 0.3 is 0 Å². The minimum Gasteiger partial charge on any atom is -0.305 e. The van der Waals surface area contributed by atoms with Crippen molar-refractivity contribution in [3.8, 4) is 6.07 Å². The molecule has 0 bridgehead atoms. The molecule has 1 heterocycles. The van der Waals surface area contributed by atoms with Crippen molar-refractivity contribution >= 4 is 0 Å². The normalized spacial score (nSPS) is 21.8. The van der Waals surface area contributed by atoms with Crippen molar-refractivity contribution in [3.05, 3.63) is 0 Å². The summed E-state index contributed by atoms with van der Waals surface area (Å²) in [6.07, 6.45) is 0.927. The third-order valence-corrected chi connectivity index (χ3v) is 2.83. The molecule has 4 heteroatoms. The van der Waals surface area contributed by atoms with E-state index in [2.05, 4.69) is 28.2 Å². The zero-order valence-corrected chi connectivity index (χ0v) is 9.16. The first-order valence-electron chi connectivity index (χ1n) is 5.24. The van der Waals surface area contributed by atoms with E-state index in [1.807, 2.05) is 7.05 Å². The Balaban J connectivity index is 2.16. The van der Waals surface area contributed by atoms with Crippen LogP contribution in [0.2, 0.25) is 0 Å². The predicted molar refractivity (Wildman–Crippen MR) is 57.0 cm³/mol. The number of hydrogen-bond acceptors (Lipinski definition) is 4. The quantitative estimate of drug-likeness (QED) is 0.672. The van der Waals surface area contributed by atoms with Crippen LogP contribution in [0, 0.1) is 11.3 Å². The maximum absolute atomic E-state index is 8.76. The zero-order chi connectivity index (χ0) is 10.4. The second-order valence-corrected chi connectivity index (χ2v) is 3.90. The lowest BCUT2D eigenvalue weighted by Crippen LogP contribution is -2.45. The van der Waals surface area contributed by atoms with Gasteiger partial charge in [-0.15, -0.1) is 0 Å². The summed E-state index contributed by atoms with van der Waals surface area (Å²) in [6, 6.07) is 2.26. The molecule has 0 spiro atoms. The third-order valence-electron chi connectivity index (χ3n) is 2.83. The van der Waals surface area contributed by atoms with E-state index in [0.29, 0.717) is 0 Å². The Bertz CT molecular complexity index is 191. The van der Waals surface area contributed by atoms with E-state index < -0.39 is 0 Å². The summed E-state index contributed by atoms with van der Waals surface area (Å²) in [6.45, 7) is 5.61. The second kappa shape index (κ2) is 5.97. The molecule has 0 saturated carbocycles. The molecule has 0 radical (unpaired) electrons. The van der Waals surface area contributed by atoms with Crippen LogP contribution >= 0.6 is 0 Å². The number of likely N-dealkylation sites (N-methyl/N-ethyl adjacent to an activating group) is 1. The van der Waals surface area contributed by atoms with Crippen molar-refractivity contribution in [3.63, 3.8) is 0 Å². The summed E-state index contributed by atoms with van der Waals surface area (Å²) in [7, 11) is 4.00. The number of nitriles is 1. The molecule has 4 nitrogen and oxygen atoms in total. The molecule has 1 aliphatic rings. The molecule has 1 aliphatic heterocycles. The fourth-order valence-electron chi connectivity index (χ4n) is 1.66. The van der Waals surface area contributed by atoms with Crippen LogP contribution in [0.15, 0.2) is 0 Å². The summed E-state index contributed by atoms with van der Waals surface area (Å²) in [5, 5.41) is 11.8. The molecule has 0 aliphatic carbocycles. The standard InChI is InChI=1S/C10H20N4/c1-12-10(9-11)3-4-14-7-5-13(2)6-8-14/h10,12H,3-8H2,1-2H3. The lowest BCUT2D eigenvalue weighted by atomic mass is 10.2. The Morgan fingerprint density at radius 2 is 2.00 bits per heavy atom. The molecule has 14 heavy (non-hydrogen) atoms. The van der Waals surface area contributed by atoms with E-state index in [1.165, 1.54) is 0 Å². The van der Waals surface area contributed by atoms with Crippen molar-refractivity contribution in [2.24, 2.45) is 0 Å². The monoisotopic (exact) mass is 196 g/mol. The van der Waals surface area contributed by atoms with Crippen LogP contribution in [0.1, 0.15) is 6.42 Å². The Hall–Kier alpha value is -0.630. The van der Waals surface area contributed by atoms with Crippen LogP contribution in [0.4, 0.5) is 0 Å². The first kappa shape index (κ1) is 11.4. The van der Waals surface area contributed by atoms with Crippen molar-refractivity contribution in [1.82, 2.24) is 15.1 Å². The van der Waals surface area contributed by atoms with E-state index in [-0.39, 0.29) is 6.04 Å². The van der Waals surface area contributed by atoms with E-state index in [0.717, 1.165) is 39.1 Å². The van der Waals surface area contributed by atoms with Gasteiger partial charge in [0, 0.05) is 32.7 Å². The van der Waals surface area contributed by atoms with Crippen molar-refractivity contribution < 1.29 is 0 Å². The molecule has 1 atom stereocenters. The Labute approximate surface area is 86.5 Å². The van der Waals surface area contributed by atoms with Gasteiger partial charge in [0.25, 0.3) is 0 Å². The largest absolute Gasteiger partial charge is 0.305 e. The van der Waals surface area contributed by atoms with E-state index in [9.17, 15) is 0 Å². The maximum atomic E-state index is 8.76. The highest BCUT2D eigenvalue weighted by atomic mass is 15.2. The number of rotatable bonds is 4. The maximum Gasteiger partial charge on any atom is 0.0962 e. The fraction of sp³-hybridized carbons (Fsp3) is 0.900. The lowest BCUT2D eigenvalue weighted by Gasteiger charge is -2.32. The number of piperazine rings is 1. The molecule has 0 aromatic heterocycles. The number of nitrogens with zero attached hydrogens (tertiary/aromatic N) is 3. The minimum atomic E-state index is 0.00894.